The summed E-state index contributed by atoms with van der Waals surface area (Å²) in [6.07, 6.45) is 5.87. The van der Waals surface area contributed by atoms with Gasteiger partial charge in [-0.2, -0.15) is 0 Å². The number of rotatable bonds is 7. The molecule has 3 rings (SSSR count). The molecule has 4 nitrogen and oxygen atoms in total. The zero-order valence-corrected chi connectivity index (χ0v) is 15.7. The molecule has 1 amide bonds. The average Bonchev–Trinajstić information content (AvgIpc) is 3.48. The minimum Gasteiger partial charge on any atom is -0.348 e. The van der Waals surface area contributed by atoms with Crippen molar-refractivity contribution in [1.29, 1.82) is 0 Å². The van der Waals surface area contributed by atoms with Gasteiger partial charge in [0.25, 0.3) is 0 Å². The number of likely N-dealkylation sites (tertiary alicyclic amines) is 1. The Kier molecular flexibility index (Phi) is 5.80. The topological polar surface area (TPSA) is 58.4 Å². The quantitative estimate of drug-likeness (QED) is 0.800. The number of carbonyl (C=O) groups is 1. The van der Waals surface area contributed by atoms with Gasteiger partial charge in [-0.15, -0.1) is 0 Å². The van der Waals surface area contributed by atoms with E-state index in [1.165, 1.54) is 31.2 Å². The van der Waals surface area contributed by atoms with Gasteiger partial charge in [-0.1, -0.05) is 30.3 Å². The molecule has 0 spiro atoms. The number of nitrogens with one attached hydrogen (secondary N) is 1. The molecule has 1 aromatic carbocycles. The van der Waals surface area contributed by atoms with Crippen molar-refractivity contribution in [3.05, 3.63) is 35.9 Å². The van der Waals surface area contributed by atoms with E-state index in [0.29, 0.717) is 12.5 Å². The van der Waals surface area contributed by atoms with E-state index in [4.69, 9.17) is 5.73 Å². The first-order valence-corrected chi connectivity index (χ1v) is 9.82. The van der Waals surface area contributed by atoms with Crippen LogP contribution in [0.5, 0.6) is 0 Å². The molecule has 0 bridgehead atoms. The highest BCUT2D eigenvalue weighted by molar-refractivity contribution is 5.82. The largest absolute Gasteiger partial charge is 0.348 e. The number of piperidine rings is 1. The Hall–Kier alpha value is -1.39. The summed E-state index contributed by atoms with van der Waals surface area (Å²) in [5.41, 5.74) is 7.14. The summed E-state index contributed by atoms with van der Waals surface area (Å²) in [7, 11) is 0. The van der Waals surface area contributed by atoms with E-state index in [9.17, 15) is 4.79 Å². The van der Waals surface area contributed by atoms with Crippen LogP contribution in [-0.4, -0.2) is 42.0 Å². The Labute approximate surface area is 152 Å². The highest BCUT2D eigenvalue weighted by Gasteiger charge is 2.42. The molecule has 1 aromatic rings. The van der Waals surface area contributed by atoms with Crippen LogP contribution in [0.25, 0.3) is 0 Å². The number of carbonyl (C=O) groups excluding carboxylic acids is 1. The monoisotopic (exact) mass is 343 g/mol. The molecule has 1 saturated carbocycles. The fraction of sp³-hybridized carbons (Fsp3) is 0.667. The fourth-order valence-electron chi connectivity index (χ4n) is 4.08. The number of benzene rings is 1. The van der Waals surface area contributed by atoms with Crippen LogP contribution in [0, 0.1) is 11.8 Å². The van der Waals surface area contributed by atoms with Gasteiger partial charge in [0.2, 0.25) is 5.91 Å². The lowest BCUT2D eigenvalue weighted by molar-refractivity contribution is -0.128. The van der Waals surface area contributed by atoms with Crippen LogP contribution >= 0.6 is 0 Å². The maximum absolute atomic E-state index is 12.7. The second kappa shape index (κ2) is 7.88. The number of nitrogens with zero attached hydrogens (tertiary/aromatic N) is 1. The van der Waals surface area contributed by atoms with E-state index in [1.807, 2.05) is 6.92 Å². The summed E-state index contributed by atoms with van der Waals surface area (Å²) >= 11 is 0. The molecule has 1 saturated heterocycles. The summed E-state index contributed by atoms with van der Waals surface area (Å²) in [6, 6.07) is 10.7. The van der Waals surface area contributed by atoms with E-state index in [1.54, 1.807) is 0 Å². The van der Waals surface area contributed by atoms with Gasteiger partial charge in [0.05, 0.1) is 11.6 Å². The average molecular weight is 344 g/mol. The van der Waals surface area contributed by atoms with E-state index in [0.717, 1.165) is 25.4 Å². The van der Waals surface area contributed by atoms with Crippen LogP contribution in [0.3, 0.4) is 0 Å². The molecule has 1 heterocycles. The predicted octanol–water partition coefficient (Wildman–Crippen LogP) is 2.57. The minimum atomic E-state index is -0.225. The third-order valence-corrected chi connectivity index (χ3v) is 6.25. The van der Waals surface area contributed by atoms with Gasteiger partial charge < -0.3 is 11.1 Å². The van der Waals surface area contributed by atoms with Gasteiger partial charge in [-0.3, -0.25) is 9.69 Å². The SMILES string of the molecule is CC(C(=O)NC(C)(CN)C1CC1)N1CCC(Cc2ccccc2)CC1. The molecule has 1 aliphatic heterocycles. The standard InChI is InChI=1S/C21H33N3O/c1-16(20(25)23-21(2,15-22)19-8-9-19)24-12-10-18(11-13-24)14-17-6-4-3-5-7-17/h3-7,16,18-19H,8-15,22H2,1-2H3,(H,23,25). The zero-order valence-electron chi connectivity index (χ0n) is 15.7. The molecule has 2 unspecified atom stereocenters. The molecular formula is C21H33N3O. The first kappa shape index (κ1) is 18.4. The fourth-order valence-corrected chi connectivity index (χ4v) is 4.08. The highest BCUT2D eigenvalue weighted by Crippen LogP contribution is 2.39. The Bertz CT molecular complexity index is 564. The molecule has 0 radical (unpaired) electrons. The molecule has 2 fully saturated rings. The van der Waals surface area contributed by atoms with E-state index in [-0.39, 0.29) is 17.5 Å². The van der Waals surface area contributed by atoms with Crippen LogP contribution in [0.15, 0.2) is 30.3 Å². The number of amides is 1. The van der Waals surface area contributed by atoms with Crippen molar-refractivity contribution in [3.8, 4) is 0 Å². The molecule has 4 heteroatoms. The van der Waals surface area contributed by atoms with E-state index < -0.39 is 0 Å². The summed E-state index contributed by atoms with van der Waals surface area (Å²) in [4.78, 5) is 15.0. The lowest BCUT2D eigenvalue weighted by Gasteiger charge is -2.38. The molecule has 2 aliphatic rings. The molecule has 0 aromatic heterocycles. The number of nitrogens with two attached hydrogens (primary N) is 1. The summed E-state index contributed by atoms with van der Waals surface area (Å²) in [6.45, 7) is 6.68. The van der Waals surface area contributed by atoms with Gasteiger partial charge in [-0.25, -0.2) is 0 Å². The van der Waals surface area contributed by atoms with Gasteiger partial charge in [0.15, 0.2) is 0 Å². The molecule has 25 heavy (non-hydrogen) atoms. The van der Waals surface area contributed by atoms with Gasteiger partial charge in [0, 0.05) is 6.54 Å². The third-order valence-electron chi connectivity index (χ3n) is 6.25. The minimum absolute atomic E-state index is 0.0673. The van der Waals surface area contributed by atoms with Crippen LogP contribution in [0.4, 0.5) is 0 Å². The summed E-state index contributed by atoms with van der Waals surface area (Å²) in [5.74, 6) is 1.43. The molecule has 2 atom stereocenters. The van der Waals surface area contributed by atoms with E-state index >= 15 is 0 Å². The molecule has 3 N–H and O–H groups in total. The number of hydrogen-bond donors (Lipinski definition) is 2. The number of hydrogen-bond acceptors (Lipinski definition) is 3. The molecule has 138 valence electrons. The smallest absolute Gasteiger partial charge is 0.237 e. The second-order valence-electron chi connectivity index (χ2n) is 8.23. The maximum Gasteiger partial charge on any atom is 0.237 e. The first-order valence-electron chi connectivity index (χ1n) is 9.82. The van der Waals surface area contributed by atoms with Gasteiger partial charge >= 0.3 is 0 Å². The van der Waals surface area contributed by atoms with Gasteiger partial charge in [-0.05, 0) is 76.4 Å². The predicted molar refractivity (Wildman–Crippen MR) is 102 cm³/mol. The van der Waals surface area contributed by atoms with Gasteiger partial charge in [0.1, 0.15) is 0 Å². The van der Waals surface area contributed by atoms with Crippen molar-refractivity contribution < 1.29 is 4.79 Å². The lowest BCUT2D eigenvalue weighted by Crippen LogP contribution is -2.58. The molecule has 1 aliphatic carbocycles. The van der Waals surface area contributed by atoms with Crippen molar-refractivity contribution in [1.82, 2.24) is 10.2 Å². The van der Waals surface area contributed by atoms with Crippen LogP contribution < -0.4 is 11.1 Å². The zero-order chi connectivity index (χ0) is 17.9. The Morgan fingerprint density at radius 2 is 1.88 bits per heavy atom. The molecular weight excluding hydrogens is 310 g/mol. The normalized spacial score (nSPS) is 23.0. The van der Waals surface area contributed by atoms with Crippen molar-refractivity contribution in [3.63, 3.8) is 0 Å². The Morgan fingerprint density at radius 3 is 2.44 bits per heavy atom. The summed E-state index contributed by atoms with van der Waals surface area (Å²) < 4.78 is 0. The van der Waals surface area contributed by atoms with Crippen LogP contribution in [0.1, 0.15) is 45.1 Å². The second-order valence-corrected chi connectivity index (χ2v) is 8.23. The maximum atomic E-state index is 12.7. The van der Waals surface area contributed by atoms with Crippen molar-refractivity contribution >= 4 is 5.91 Å². The first-order chi connectivity index (χ1) is 12.0. The third kappa shape index (κ3) is 4.62. The van der Waals surface area contributed by atoms with Crippen molar-refractivity contribution in [2.75, 3.05) is 19.6 Å². The highest BCUT2D eigenvalue weighted by atomic mass is 16.2. The van der Waals surface area contributed by atoms with Crippen LogP contribution in [0.2, 0.25) is 0 Å². The Balaban J connectivity index is 1.47. The lowest BCUT2D eigenvalue weighted by atomic mass is 9.89. The van der Waals surface area contributed by atoms with Crippen molar-refractivity contribution in [2.24, 2.45) is 17.6 Å². The summed E-state index contributed by atoms with van der Waals surface area (Å²) in [5, 5.41) is 3.25. The van der Waals surface area contributed by atoms with Crippen molar-refractivity contribution in [2.45, 2.75) is 57.5 Å². The van der Waals surface area contributed by atoms with E-state index in [2.05, 4.69) is 47.5 Å². The Morgan fingerprint density at radius 1 is 1.24 bits per heavy atom. The van der Waals surface area contributed by atoms with Crippen LogP contribution in [-0.2, 0) is 11.2 Å².